The van der Waals surface area contributed by atoms with Gasteiger partial charge in [0, 0.05) is 13.8 Å². The Morgan fingerprint density at radius 1 is 0.720 bits per heavy atom. The number of ether oxygens (including phenoxy) is 2. The third-order valence-electron chi connectivity index (χ3n) is 4.45. The Bertz CT molecular complexity index is 651. The fourth-order valence-corrected chi connectivity index (χ4v) is 2.16. The highest BCUT2D eigenvalue weighted by Gasteiger charge is 2.36. The van der Waals surface area contributed by atoms with Gasteiger partial charge in [-0.3, -0.25) is 4.48 Å². The maximum atomic E-state index is 12.2. The molecule has 0 aliphatic carbocycles. The van der Waals surface area contributed by atoms with Crippen molar-refractivity contribution in [2.75, 3.05) is 14.1 Å². The van der Waals surface area contributed by atoms with E-state index in [1.165, 1.54) is 0 Å². The third-order valence-corrected chi connectivity index (χ3v) is 4.45. The third kappa shape index (κ3) is 4.67. The van der Waals surface area contributed by atoms with Crippen LogP contribution in [0.1, 0.15) is 34.6 Å². The van der Waals surface area contributed by atoms with Crippen LogP contribution in [0, 0.1) is 0 Å². The molecule has 25 heavy (non-hydrogen) atoms. The van der Waals surface area contributed by atoms with E-state index in [1.54, 1.807) is 62.4 Å². The molecule has 0 saturated heterocycles. The zero-order valence-corrected chi connectivity index (χ0v) is 15.0. The van der Waals surface area contributed by atoms with Gasteiger partial charge in [0.25, 0.3) is 0 Å². The number of rotatable bonds is 6. The molecule has 0 spiro atoms. The number of esters is 2. The number of carbonyl (C=O) groups is 2. The van der Waals surface area contributed by atoms with Gasteiger partial charge in [0.05, 0.1) is 25.2 Å². The Labute approximate surface area is 148 Å². The summed E-state index contributed by atoms with van der Waals surface area (Å²) in [4.78, 5) is 24.5. The lowest BCUT2D eigenvalue weighted by atomic mass is 10.2. The quantitative estimate of drug-likeness (QED) is 0.458. The molecule has 0 aromatic heterocycles. The standard InChI is InChI=1S/C20H24NO4/c1-15(24-19(22)17-11-7-5-8-12-17)21(3,4)16(2)25-20(23)18-13-9-6-10-14-18/h5-16H,1-4H3/q+1. The highest BCUT2D eigenvalue weighted by atomic mass is 16.6. The molecule has 2 rings (SSSR count). The van der Waals surface area contributed by atoms with Crippen LogP contribution in [0.25, 0.3) is 0 Å². The molecule has 5 heteroatoms. The maximum Gasteiger partial charge on any atom is 0.342 e. The highest BCUT2D eigenvalue weighted by molar-refractivity contribution is 5.89. The first kappa shape index (κ1) is 18.7. The zero-order chi connectivity index (χ0) is 18.4. The molecule has 0 aliphatic heterocycles. The molecule has 2 unspecified atom stereocenters. The zero-order valence-electron chi connectivity index (χ0n) is 15.0. The van der Waals surface area contributed by atoms with E-state index in [2.05, 4.69) is 0 Å². The summed E-state index contributed by atoms with van der Waals surface area (Å²) in [5.41, 5.74) is 0.978. The Morgan fingerprint density at radius 2 is 1.04 bits per heavy atom. The largest absolute Gasteiger partial charge is 0.409 e. The van der Waals surface area contributed by atoms with E-state index >= 15 is 0 Å². The van der Waals surface area contributed by atoms with E-state index in [0.29, 0.717) is 11.1 Å². The average Bonchev–Trinajstić information content (AvgIpc) is 2.62. The normalized spacial score (nSPS) is 13.6. The van der Waals surface area contributed by atoms with Gasteiger partial charge in [0.2, 0.25) is 12.5 Å². The van der Waals surface area contributed by atoms with Crippen LogP contribution < -0.4 is 0 Å². The summed E-state index contributed by atoms with van der Waals surface area (Å²) in [5, 5.41) is 0. The van der Waals surface area contributed by atoms with Gasteiger partial charge in [0.1, 0.15) is 0 Å². The Hall–Kier alpha value is -2.66. The lowest BCUT2D eigenvalue weighted by Gasteiger charge is -2.38. The molecule has 0 heterocycles. The van der Waals surface area contributed by atoms with Crippen molar-refractivity contribution in [3.63, 3.8) is 0 Å². The van der Waals surface area contributed by atoms with Crippen molar-refractivity contribution in [3.8, 4) is 0 Å². The van der Waals surface area contributed by atoms with E-state index in [4.69, 9.17) is 9.47 Å². The van der Waals surface area contributed by atoms with Gasteiger partial charge < -0.3 is 9.47 Å². The molecule has 2 atom stereocenters. The van der Waals surface area contributed by atoms with E-state index in [9.17, 15) is 9.59 Å². The molecule has 0 aliphatic rings. The molecule has 0 saturated carbocycles. The fourth-order valence-electron chi connectivity index (χ4n) is 2.16. The van der Waals surface area contributed by atoms with Crippen molar-refractivity contribution in [1.29, 1.82) is 0 Å². The molecule has 5 nitrogen and oxygen atoms in total. The summed E-state index contributed by atoms with van der Waals surface area (Å²) in [7, 11) is 3.71. The summed E-state index contributed by atoms with van der Waals surface area (Å²) >= 11 is 0. The predicted octanol–water partition coefficient (Wildman–Crippen LogP) is 3.47. The first-order valence-corrected chi connectivity index (χ1v) is 8.17. The van der Waals surface area contributed by atoms with Crippen molar-refractivity contribution in [2.45, 2.75) is 26.3 Å². The average molecular weight is 342 g/mol. The molecule has 0 fully saturated rings. The van der Waals surface area contributed by atoms with E-state index in [0.717, 1.165) is 0 Å². The molecule has 0 radical (unpaired) electrons. The van der Waals surface area contributed by atoms with Crippen molar-refractivity contribution in [2.24, 2.45) is 0 Å². The van der Waals surface area contributed by atoms with Crippen LogP contribution in [0.4, 0.5) is 0 Å². The number of hydrogen-bond donors (Lipinski definition) is 0. The topological polar surface area (TPSA) is 52.6 Å². The van der Waals surface area contributed by atoms with Crippen molar-refractivity contribution in [1.82, 2.24) is 0 Å². The molecule has 0 bridgehead atoms. The van der Waals surface area contributed by atoms with Crippen LogP contribution in [0.3, 0.4) is 0 Å². The Balaban J connectivity index is 2.01. The lowest BCUT2D eigenvalue weighted by Crippen LogP contribution is -2.56. The summed E-state index contributed by atoms with van der Waals surface area (Å²) in [6, 6.07) is 17.6. The minimum absolute atomic E-state index is 0.192. The van der Waals surface area contributed by atoms with E-state index in [-0.39, 0.29) is 4.48 Å². The fraction of sp³-hybridized carbons (Fsp3) is 0.300. The van der Waals surface area contributed by atoms with Gasteiger partial charge in [-0.25, -0.2) is 9.59 Å². The van der Waals surface area contributed by atoms with Gasteiger partial charge in [-0.15, -0.1) is 0 Å². The van der Waals surface area contributed by atoms with E-state index in [1.807, 2.05) is 26.2 Å². The van der Waals surface area contributed by atoms with Crippen LogP contribution in [0.2, 0.25) is 0 Å². The van der Waals surface area contributed by atoms with Crippen LogP contribution in [0.5, 0.6) is 0 Å². The summed E-state index contributed by atoms with van der Waals surface area (Å²) in [6.07, 6.45) is -0.988. The smallest absolute Gasteiger partial charge is 0.342 e. The number of nitrogens with zero attached hydrogens (tertiary/aromatic N) is 1. The molecule has 0 N–H and O–H groups in total. The number of hydrogen-bond acceptors (Lipinski definition) is 4. The van der Waals surface area contributed by atoms with Crippen molar-refractivity contribution in [3.05, 3.63) is 71.8 Å². The minimum Gasteiger partial charge on any atom is -0.409 e. The summed E-state index contributed by atoms with van der Waals surface area (Å²) < 4.78 is 11.3. The second kappa shape index (κ2) is 7.94. The SMILES string of the molecule is CC(OC(=O)c1ccccc1)[N+](C)(C)C(C)OC(=O)c1ccccc1. The lowest BCUT2D eigenvalue weighted by molar-refractivity contribution is -0.970. The Morgan fingerprint density at radius 3 is 1.36 bits per heavy atom. The van der Waals surface area contributed by atoms with Gasteiger partial charge in [-0.2, -0.15) is 0 Å². The molecule has 2 aromatic carbocycles. The van der Waals surface area contributed by atoms with Crippen LogP contribution in [-0.4, -0.2) is 43.0 Å². The molecular formula is C20H24NO4+. The van der Waals surface area contributed by atoms with Gasteiger partial charge in [0.15, 0.2) is 0 Å². The van der Waals surface area contributed by atoms with Crippen molar-refractivity contribution < 1.29 is 23.5 Å². The van der Waals surface area contributed by atoms with E-state index < -0.39 is 24.4 Å². The minimum atomic E-state index is -0.494. The number of quaternary nitrogens is 1. The molecule has 0 amide bonds. The second-order valence-electron chi connectivity index (χ2n) is 6.37. The number of benzene rings is 2. The summed E-state index contributed by atoms with van der Waals surface area (Å²) in [5.74, 6) is -0.804. The highest BCUT2D eigenvalue weighted by Crippen LogP contribution is 2.18. The van der Waals surface area contributed by atoms with Crippen LogP contribution in [0.15, 0.2) is 60.7 Å². The monoisotopic (exact) mass is 342 g/mol. The van der Waals surface area contributed by atoms with Crippen LogP contribution >= 0.6 is 0 Å². The molecule has 132 valence electrons. The van der Waals surface area contributed by atoms with Gasteiger partial charge in [-0.05, 0) is 24.3 Å². The summed E-state index contributed by atoms with van der Waals surface area (Å²) in [6.45, 7) is 3.57. The first-order chi connectivity index (χ1) is 11.8. The number of carbonyl (C=O) groups excluding carboxylic acids is 2. The van der Waals surface area contributed by atoms with Gasteiger partial charge >= 0.3 is 11.9 Å². The van der Waals surface area contributed by atoms with Crippen LogP contribution in [-0.2, 0) is 9.47 Å². The molecule has 2 aromatic rings. The molecular weight excluding hydrogens is 318 g/mol. The van der Waals surface area contributed by atoms with Crippen molar-refractivity contribution >= 4 is 11.9 Å². The predicted molar refractivity (Wildman–Crippen MR) is 94.7 cm³/mol. The Kier molecular flexibility index (Phi) is 5.93. The van der Waals surface area contributed by atoms with Gasteiger partial charge in [-0.1, -0.05) is 36.4 Å². The maximum absolute atomic E-state index is 12.2. The first-order valence-electron chi connectivity index (χ1n) is 8.17. The second-order valence-corrected chi connectivity index (χ2v) is 6.37.